The molecule has 45 heavy (non-hydrogen) atoms. The number of non-ortho nitro benzene ring substituents is 1. The van der Waals surface area contributed by atoms with E-state index < -0.39 is 36.4 Å². The standard InChI is InChI=1S/C34H33N3O7Si/c1-20-31(45(2,3)43)29(15-16-38)44-34(20)26-18-24(37(41)42)13-14-27(26)35(33(34)40)19-21-7-4-10-23(17-21)36-28-12-6-9-22-8-5-11-25(30(22)28)32(36)39/h4-14,17-18,20,29,31,38,43H,15-16,19H2,1-3H3/t20-,29+,31-,34+/m0/s1. The van der Waals surface area contributed by atoms with Gasteiger partial charge in [0.25, 0.3) is 17.5 Å². The molecule has 1 fully saturated rings. The molecule has 0 radical (unpaired) electrons. The second-order valence-electron chi connectivity index (χ2n) is 12.7. The maximum Gasteiger partial charge on any atom is 0.269 e. The van der Waals surface area contributed by atoms with Crippen LogP contribution in [0.25, 0.3) is 10.8 Å². The summed E-state index contributed by atoms with van der Waals surface area (Å²) in [5, 5.41) is 23.6. The van der Waals surface area contributed by atoms with E-state index in [1.807, 2.05) is 67.6 Å². The number of nitro benzene ring substituents is 1. The highest BCUT2D eigenvalue weighted by atomic mass is 28.4. The van der Waals surface area contributed by atoms with Gasteiger partial charge in [-0.05, 0) is 60.8 Å². The minimum Gasteiger partial charge on any atom is -0.432 e. The van der Waals surface area contributed by atoms with Gasteiger partial charge in [0.1, 0.15) is 0 Å². The maximum atomic E-state index is 14.6. The van der Waals surface area contributed by atoms with E-state index in [4.69, 9.17) is 4.74 Å². The highest BCUT2D eigenvalue weighted by Crippen LogP contribution is 2.60. The fourth-order valence-electron chi connectivity index (χ4n) is 7.88. The number of aliphatic hydroxyl groups is 1. The number of hydrogen-bond acceptors (Lipinski definition) is 7. The summed E-state index contributed by atoms with van der Waals surface area (Å²) in [6, 6.07) is 23.3. The molecule has 3 aliphatic rings. The zero-order valence-electron chi connectivity index (χ0n) is 25.1. The summed E-state index contributed by atoms with van der Waals surface area (Å²) in [5.74, 6) is -1.00. The van der Waals surface area contributed by atoms with Crippen LogP contribution in [-0.2, 0) is 21.7 Å². The Labute approximate surface area is 260 Å². The molecule has 11 heteroatoms. The third-order valence-electron chi connectivity index (χ3n) is 9.66. The predicted molar refractivity (Wildman–Crippen MR) is 172 cm³/mol. The third kappa shape index (κ3) is 4.26. The van der Waals surface area contributed by atoms with Gasteiger partial charge in [0.15, 0.2) is 13.9 Å². The van der Waals surface area contributed by atoms with Crippen molar-refractivity contribution in [3.8, 4) is 0 Å². The molecule has 4 atom stereocenters. The Morgan fingerprint density at radius 3 is 2.44 bits per heavy atom. The van der Waals surface area contributed by atoms with Crippen LogP contribution in [0.2, 0.25) is 18.6 Å². The lowest BCUT2D eigenvalue weighted by molar-refractivity contribution is -0.385. The molecule has 230 valence electrons. The first kappa shape index (κ1) is 29.3. The van der Waals surface area contributed by atoms with Gasteiger partial charge in [0.05, 0.1) is 34.5 Å². The van der Waals surface area contributed by atoms with Crippen LogP contribution < -0.4 is 9.80 Å². The summed E-state index contributed by atoms with van der Waals surface area (Å²) in [4.78, 5) is 54.1. The number of carbonyl (C=O) groups is 2. The zero-order chi connectivity index (χ0) is 31.8. The summed E-state index contributed by atoms with van der Waals surface area (Å²) in [5.41, 5.74) is 1.62. The van der Waals surface area contributed by atoms with Gasteiger partial charge < -0.3 is 19.5 Å². The maximum absolute atomic E-state index is 14.6. The van der Waals surface area contributed by atoms with Crippen LogP contribution in [0.5, 0.6) is 0 Å². The van der Waals surface area contributed by atoms with Crippen molar-refractivity contribution in [2.45, 2.75) is 50.2 Å². The van der Waals surface area contributed by atoms with Crippen LogP contribution >= 0.6 is 0 Å². The van der Waals surface area contributed by atoms with Gasteiger partial charge >= 0.3 is 0 Å². The van der Waals surface area contributed by atoms with Crippen LogP contribution in [0.3, 0.4) is 0 Å². The fraction of sp³-hybridized carbons (Fsp3) is 0.294. The largest absolute Gasteiger partial charge is 0.432 e. The van der Waals surface area contributed by atoms with Crippen molar-refractivity contribution in [3.63, 3.8) is 0 Å². The highest BCUT2D eigenvalue weighted by Gasteiger charge is 2.66. The molecule has 0 saturated carbocycles. The quantitative estimate of drug-likeness (QED) is 0.152. The smallest absolute Gasteiger partial charge is 0.269 e. The summed E-state index contributed by atoms with van der Waals surface area (Å²) in [7, 11) is -2.92. The molecule has 7 rings (SSSR count). The van der Waals surface area contributed by atoms with Gasteiger partial charge in [-0.15, -0.1) is 0 Å². The molecule has 10 nitrogen and oxygen atoms in total. The van der Waals surface area contributed by atoms with Gasteiger partial charge in [-0.2, -0.15) is 0 Å². The lowest BCUT2D eigenvalue weighted by Crippen LogP contribution is -2.46. The second kappa shape index (κ2) is 10.3. The van der Waals surface area contributed by atoms with Crippen molar-refractivity contribution in [3.05, 3.63) is 106 Å². The second-order valence-corrected chi connectivity index (χ2v) is 16.7. The van der Waals surface area contributed by atoms with Crippen molar-refractivity contribution < 1.29 is 29.2 Å². The lowest BCUT2D eigenvalue weighted by atomic mass is 9.82. The molecular weight excluding hydrogens is 590 g/mol. The molecule has 4 aromatic carbocycles. The minimum atomic E-state index is -2.92. The van der Waals surface area contributed by atoms with Gasteiger partial charge in [-0.3, -0.25) is 24.6 Å². The Morgan fingerprint density at radius 2 is 1.73 bits per heavy atom. The third-order valence-corrected chi connectivity index (χ3v) is 12.2. The molecule has 1 saturated heterocycles. The van der Waals surface area contributed by atoms with Crippen LogP contribution in [0.4, 0.5) is 22.7 Å². The number of ether oxygens (including phenoxy) is 1. The van der Waals surface area contributed by atoms with Crippen LogP contribution in [-0.4, -0.2) is 47.7 Å². The van der Waals surface area contributed by atoms with Crippen molar-refractivity contribution in [2.75, 3.05) is 16.4 Å². The Morgan fingerprint density at radius 1 is 1.00 bits per heavy atom. The van der Waals surface area contributed by atoms with Crippen molar-refractivity contribution in [1.82, 2.24) is 0 Å². The van der Waals surface area contributed by atoms with E-state index in [1.165, 1.54) is 12.1 Å². The molecule has 2 amide bonds. The molecule has 2 N–H and O–H groups in total. The number of nitro groups is 1. The van der Waals surface area contributed by atoms with E-state index in [2.05, 4.69) is 0 Å². The van der Waals surface area contributed by atoms with Gasteiger partial charge in [0, 0.05) is 46.8 Å². The van der Waals surface area contributed by atoms with E-state index in [1.54, 1.807) is 29.0 Å². The molecule has 4 aromatic rings. The molecule has 0 unspecified atom stereocenters. The van der Waals surface area contributed by atoms with Gasteiger partial charge in [-0.25, -0.2) is 0 Å². The first-order valence-corrected chi connectivity index (χ1v) is 18.1. The number of anilines is 3. The SMILES string of the molecule is C[C@H]1[C@H]([Si](C)(C)O)[C@@H](CCO)O[C@]12C(=O)N(Cc1cccc(N3C(=O)c4cccc5cccc3c45)c1)c1ccc([N+](=O)[O-])cc12. The zero-order valence-corrected chi connectivity index (χ0v) is 26.1. The molecule has 0 bridgehead atoms. The predicted octanol–water partition coefficient (Wildman–Crippen LogP) is 5.77. The average molecular weight is 624 g/mol. The number of carbonyl (C=O) groups excluding carboxylic acids is 2. The molecule has 1 spiro atoms. The van der Waals surface area contributed by atoms with Crippen molar-refractivity contribution >= 4 is 53.7 Å². The summed E-state index contributed by atoms with van der Waals surface area (Å²) < 4.78 is 6.58. The number of fused-ring (bicyclic) bond motifs is 2. The fourth-order valence-corrected chi connectivity index (χ4v) is 10.5. The van der Waals surface area contributed by atoms with E-state index in [0.717, 1.165) is 22.0 Å². The molecule has 3 heterocycles. The van der Waals surface area contributed by atoms with Crippen molar-refractivity contribution in [2.24, 2.45) is 5.92 Å². The van der Waals surface area contributed by atoms with Crippen LogP contribution in [0, 0.1) is 16.0 Å². The molecule has 3 aliphatic heterocycles. The Balaban J connectivity index is 1.29. The van der Waals surface area contributed by atoms with E-state index >= 15 is 0 Å². The number of aliphatic hydroxyl groups excluding tert-OH is 1. The number of rotatable bonds is 7. The first-order valence-electron chi connectivity index (χ1n) is 15.0. The number of benzene rings is 4. The molecule has 0 aliphatic carbocycles. The number of amides is 2. The Kier molecular flexibility index (Phi) is 6.71. The minimum absolute atomic E-state index is 0.127. The number of nitrogens with zero attached hydrogens (tertiary/aromatic N) is 3. The first-order chi connectivity index (χ1) is 21.5. The van der Waals surface area contributed by atoms with Crippen LogP contribution in [0.15, 0.2) is 78.9 Å². The van der Waals surface area contributed by atoms with Crippen LogP contribution in [0.1, 0.15) is 34.8 Å². The van der Waals surface area contributed by atoms with Gasteiger partial charge in [0.2, 0.25) is 0 Å². The summed E-state index contributed by atoms with van der Waals surface area (Å²) >= 11 is 0. The topological polar surface area (TPSA) is 133 Å². The molecule has 0 aromatic heterocycles. The summed E-state index contributed by atoms with van der Waals surface area (Å²) in [6.07, 6.45) is -0.367. The lowest BCUT2D eigenvalue weighted by Gasteiger charge is -2.32. The average Bonchev–Trinajstić information content (AvgIpc) is 3.56. The molecular formula is C34H33N3O7Si. The summed E-state index contributed by atoms with van der Waals surface area (Å²) in [6.45, 7) is 5.37. The van der Waals surface area contributed by atoms with E-state index in [-0.39, 0.29) is 37.1 Å². The Hall–Kier alpha value is -4.42. The Bertz CT molecular complexity index is 1900. The monoisotopic (exact) mass is 623 g/mol. The number of hydrogen-bond donors (Lipinski definition) is 2. The highest BCUT2D eigenvalue weighted by molar-refractivity contribution is 6.71. The van der Waals surface area contributed by atoms with E-state index in [9.17, 15) is 29.6 Å². The normalized spacial score (nSPS) is 23.9. The van der Waals surface area contributed by atoms with E-state index in [0.29, 0.717) is 22.5 Å². The van der Waals surface area contributed by atoms with Crippen molar-refractivity contribution in [1.29, 1.82) is 0 Å². The van der Waals surface area contributed by atoms with Gasteiger partial charge in [-0.1, -0.05) is 43.3 Å².